The van der Waals surface area contributed by atoms with E-state index in [1.54, 1.807) is 36.1 Å². The number of benzene rings is 3. The van der Waals surface area contributed by atoms with E-state index < -0.39 is 12.0 Å². The molecule has 9 heteroatoms. The van der Waals surface area contributed by atoms with Gasteiger partial charge in [-0.2, -0.15) is 4.98 Å². The van der Waals surface area contributed by atoms with Crippen molar-refractivity contribution in [3.8, 4) is 23.0 Å². The highest BCUT2D eigenvalue weighted by atomic mass is 16.6. The number of hydrogen-bond donors (Lipinski definition) is 0. The summed E-state index contributed by atoms with van der Waals surface area (Å²) in [6.07, 6.45) is 0.657. The van der Waals surface area contributed by atoms with Crippen molar-refractivity contribution in [1.82, 2.24) is 15.0 Å². The Morgan fingerprint density at radius 3 is 2.38 bits per heavy atom. The third kappa shape index (κ3) is 6.85. The summed E-state index contributed by atoms with van der Waals surface area (Å²) in [5.41, 5.74) is 1.91. The van der Waals surface area contributed by atoms with Gasteiger partial charge in [-0.3, -0.25) is 4.79 Å². The molecule has 0 N–H and O–H groups in total. The Bertz CT molecular complexity index is 1390. The molecule has 1 fully saturated rings. The van der Waals surface area contributed by atoms with E-state index in [1.807, 2.05) is 60.7 Å². The number of nitrogens with zero attached hydrogens (tertiary/aromatic N) is 3. The zero-order chi connectivity index (χ0) is 27.7. The molecule has 0 saturated carbocycles. The standard InChI is InChI=1S/C31H31N3O6/c1-2-37-30(35)27-21-34(31(36)39-26-11-7-4-8-12-26)20-24(27)19-22-13-15-25(16-14-22)38-18-17-28-32-29(40-33-28)23-9-5-3-6-10-23/h3-16,24,27H,2,17-21H2,1H3/t24-,27+/m1/s1. The van der Waals surface area contributed by atoms with Gasteiger partial charge in [-0.1, -0.05) is 53.7 Å². The van der Waals surface area contributed by atoms with Gasteiger partial charge in [0, 0.05) is 25.1 Å². The maximum Gasteiger partial charge on any atom is 0.415 e. The van der Waals surface area contributed by atoms with Crippen LogP contribution in [0.5, 0.6) is 11.5 Å². The van der Waals surface area contributed by atoms with E-state index in [-0.39, 0.29) is 18.4 Å². The van der Waals surface area contributed by atoms with E-state index in [0.29, 0.717) is 50.1 Å². The van der Waals surface area contributed by atoms with Gasteiger partial charge >= 0.3 is 12.1 Å². The number of carbonyl (C=O) groups is 2. The van der Waals surface area contributed by atoms with Crippen LogP contribution in [-0.2, 0) is 22.4 Å². The maximum absolute atomic E-state index is 12.8. The Labute approximate surface area is 232 Å². The predicted octanol–water partition coefficient (Wildman–Crippen LogP) is 5.21. The highest BCUT2D eigenvalue weighted by Crippen LogP contribution is 2.29. The van der Waals surface area contributed by atoms with Crippen LogP contribution in [0.1, 0.15) is 18.3 Å². The molecule has 0 aliphatic carbocycles. The lowest BCUT2D eigenvalue weighted by molar-refractivity contribution is -0.148. The molecule has 0 bridgehead atoms. The zero-order valence-corrected chi connectivity index (χ0v) is 22.3. The number of carbonyl (C=O) groups excluding carboxylic acids is 2. The quantitative estimate of drug-likeness (QED) is 0.252. The average molecular weight is 542 g/mol. The lowest BCUT2D eigenvalue weighted by atomic mass is 9.90. The number of rotatable bonds is 10. The number of aromatic nitrogens is 2. The highest BCUT2D eigenvalue weighted by Gasteiger charge is 2.41. The second-order valence-corrected chi connectivity index (χ2v) is 9.53. The largest absolute Gasteiger partial charge is 0.493 e. The molecule has 1 aliphatic heterocycles. The first kappa shape index (κ1) is 26.9. The molecule has 4 aromatic rings. The number of amides is 1. The fourth-order valence-electron chi connectivity index (χ4n) is 4.74. The Kier molecular flexibility index (Phi) is 8.70. The average Bonchev–Trinajstić information content (AvgIpc) is 3.63. The fraction of sp³-hybridized carbons (Fsp3) is 0.290. The molecule has 9 nitrogen and oxygen atoms in total. The molecule has 40 heavy (non-hydrogen) atoms. The smallest absolute Gasteiger partial charge is 0.415 e. The van der Waals surface area contributed by atoms with E-state index in [1.165, 1.54) is 0 Å². The minimum Gasteiger partial charge on any atom is -0.493 e. The first-order valence-corrected chi connectivity index (χ1v) is 13.4. The molecule has 0 unspecified atom stereocenters. The highest BCUT2D eigenvalue weighted by molar-refractivity contribution is 5.77. The molecule has 2 atom stereocenters. The fourth-order valence-corrected chi connectivity index (χ4v) is 4.74. The minimum absolute atomic E-state index is 0.0915. The molecule has 0 spiro atoms. The number of esters is 1. The first-order valence-electron chi connectivity index (χ1n) is 13.4. The van der Waals surface area contributed by atoms with Gasteiger partial charge in [0.25, 0.3) is 5.89 Å². The third-order valence-corrected chi connectivity index (χ3v) is 6.74. The summed E-state index contributed by atoms with van der Waals surface area (Å²) in [5, 5.41) is 4.03. The normalized spacial score (nSPS) is 16.5. The minimum atomic E-state index is -0.468. The van der Waals surface area contributed by atoms with Gasteiger partial charge in [0.05, 0.1) is 19.1 Å². The summed E-state index contributed by atoms with van der Waals surface area (Å²) >= 11 is 0. The molecule has 1 aliphatic rings. The van der Waals surface area contributed by atoms with Crippen LogP contribution in [-0.4, -0.2) is 53.4 Å². The number of ether oxygens (including phenoxy) is 3. The zero-order valence-electron chi connectivity index (χ0n) is 22.3. The Morgan fingerprint density at radius 2 is 1.65 bits per heavy atom. The molecule has 1 amide bonds. The van der Waals surface area contributed by atoms with Crippen LogP contribution in [0.3, 0.4) is 0 Å². The molecule has 2 heterocycles. The lowest BCUT2D eigenvalue weighted by Crippen LogP contribution is -2.32. The van der Waals surface area contributed by atoms with Gasteiger partial charge < -0.3 is 23.6 Å². The van der Waals surface area contributed by atoms with Crippen LogP contribution in [0.15, 0.2) is 89.5 Å². The van der Waals surface area contributed by atoms with Crippen LogP contribution in [0, 0.1) is 11.8 Å². The summed E-state index contributed by atoms with van der Waals surface area (Å²) in [6, 6.07) is 26.3. The number of para-hydroxylation sites is 1. The van der Waals surface area contributed by atoms with Crippen LogP contribution in [0.4, 0.5) is 4.79 Å². The van der Waals surface area contributed by atoms with Crippen LogP contribution in [0.25, 0.3) is 11.5 Å². The van der Waals surface area contributed by atoms with Crippen LogP contribution in [0.2, 0.25) is 0 Å². The van der Waals surface area contributed by atoms with E-state index in [4.69, 9.17) is 18.7 Å². The van der Waals surface area contributed by atoms with Crippen molar-refractivity contribution >= 4 is 12.1 Å². The van der Waals surface area contributed by atoms with Gasteiger partial charge in [-0.05, 0) is 61.2 Å². The van der Waals surface area contributed by atoms with Crippen molar-refractivity contribution < 1.29 is 28.3 Å². The number of hydrogen-bond acceptors (Lipinski definition) is 8. The summed E-state index contributed by atoms with van der Waals surface area (Å²) in [6.45, 7) is 3.14. The molecular formula is C31H31N3O6. The van der Waals surface area contributed by atoms with E-state index >= 15 is 0 Å². The molecule has 1 saturated heterocycles. The van der Waals surface area contributed by atoms with Gasteiger partial charge in [0.15, 0.2) is 5.82 Å². The SMILES string of the molecule is CCOC(=O)[C@H]1CN(C(=O)Oc2ccccc2)C[C@H]1Cc1ccc(OCCc2noc(-c3ccccc3)n2)cc1. The second kappa shape index (κ2) is 12.9. The van der Waals surface area contributed by atoms with Crippen LogP contribution >= 0.6 is 0 Å². The monoisotopic (exact) mass is 541 g/mol. The maximum atomic E-state index is 12.8. The number of likely N-dealkylation sites (tertiary alicyclic amines) is 1. The molecule has 1 aromatic heterocycles. The summed E-state index contributed by atoms with van der Waals surface area (Å²) in [7, 11) is 0. The van der Waals surface area contributed by atoms with Crippen molar-refractivity contribution in [3.63, 3.8) is 0 Å². The van der Waals surface area contributed by atoms with Gasteiger partial charge in [0.1, 0.15) is 11.5 Å². The van der Waals surface area contributed by atoms with Gasteiger partial charge in [-0.15, -0.1) is 0 Å². The topological polar surface area (TPSA) is 104 Å². The van der Waals surface area contributed by atoms with Gasteiger partial charge in [-0.25, -0.2) is 4.79 Å². The van der Waals surface area contributed by atoms with E-state index in [0.717, 1.165) is 16.9 Å². The first-order chi connectivity index (χ1) is 19.6. The van der Waals surface area contributed by atoms with Crippen molar-refractivity contribution in [3.05, 3.63) is 96.3 Å². The summed E-state index contributed by atoms with van der Waals surface area (Å²) < 4.78 is 22.0. The van der Waals surface area contributed by atoms with E-state index in [2.05, 4.69) is 10.1 Å². The van der Waals surface area contributed by atoms with Crippen molar-refractivity contribution in [2.24, 2.45) is 11.8 Å². The predicted molar refractivity (Wildman–Crippen MR) is 147 cm³/mol. The summed E-state index contributed by atoms with van der Waals surface area (Å²) in [5.74, 6) is 1.45. The Hall–Kier alpha value is -4.66. The molecular weight excluding hydrogens is 510 g/mol. The Morgan fingerprint density at radius 1 is 0.925 bits per heavy atom. The van der Waals surface area contributed by atoms with E-state index in [9.17, 15) is 9.59 Å². The van der Waals surface area contributed by atoms with Crippen LogP contribution < -0.4 is 9.47 Å². The molecule has 5 rings (SSSR count). The lowest BCUT2D eigenvalue weighted by Gasteiger charge is -2.17. The molecule has 0 radical (unpaired) electrons. The Balaban J connectivity index is 1.15. The van der Waals surface area contributed by atoms with Crippen molar-refractivity contribution in [1.29, 1.82) is 0 Å². The second-order valence-electron chi connectivity index (χ2n) is 9.53. The summed E-state index contributed by atoms with van der Waals surface area (Å²) in [4.78, 5) is 31.5. The molecule has 206 valence electrons. The van der Waals surface area contributed by atoms with Gasteiger partial charge in [0.2, 0.25) is 0 Å². The molecule has 3 aromatic carbocycles. The van der Waals surface area contributed by atoms with Crippen molar-refractivity contribution in [2.45, 2.75) is 19.8 Å². The third-order valence-electron chi connectivity index (χ3n) is 6.74. The van der Waals surface area contributed by atoms with Crippen molar-refractivity contribution in [2.75, 3.05) is 26.3 Å².